The number of fused-ring (bicyclic) bond motifs is 13. The van der Waals surface area contributed by atoms with E-state index in [1.165, 1.54) is 230 Å². The second-order valence-electron chi connectivity index (χ2n) is 38.0. The number of allylic oxidation sites excluding steroid dienone is 10. The van der Waals surface area contributed by atoms with E-state index in [4.69, 9.17) is 59.5 Å². The van der Waals surface area contributed by atoms with Crippen LogP contribution >= 0.6 is 103 Å². The van der Waals surface area contributed by atoms with Gasteiger partial charge in [-0.2, -0.15) is 0 Å². The van der Waals surface area contributed by atoms with Crippen molar-refractivity contribution in [3.8, 4) is 31.6 Å². The number of carbonyl (C=O) groups excluding carboxylic acids is 2. The number of Topliss-reactive ketones (excluding diaryl/α,β-unsaturated/α-hetero) is 2. The summed E-state index contributed by atoms with van der Waals surface area (Å²) in [5.41, 5.74) is 22.6. The Labute approximate surface area is 844 Å². The zero-order valence-electron chi connectivity index (χ0n) is 80.3. The number of hydrogen-bond donors (Lipinski definition) is 0. The van der Waals surface area contributed by atoms with Crippen LogP contribution in [-0.4, -0.2) is 11.6 Å². The molecule has 15 rings (SSSR count). The summed E-state index contributed by atoms with van der Waals surface area (Å²) in [5.74, 6) is -0.624. The Balaban J connectivity index is 1.08. The van der Waals surface area contributed by atoms with Crippen LogP contribution in [0.25, 0.3) is 71.3 Å². The fourth-order valence-electron chi connectivity index (χ4n) is 21.5. The Hall–Kier alpha value is -8.76. The standard InChI is InChI=1S/C120H128Cl4N4O2S5/c1-11-19-27-35-45-77-57-78(46-36-28-20-12-2)62-85(61-77)119(86-63-79(47-37-29-21-13-3)58-80(64-86)48-38-30-22-14-4)97-69-89(53-43-55-91-105(102(75-125)127-9)93-71-98(121)100(123)73-95(93)110(91)129)131-112(97)114-108(119)116-118(134-114)109-117(135-116)115-107(113-104(133-115)70-90(132-113)54-44-56-92-106(103(76-126)128-10)94-72-99(122)101(124)74-96(94)111(92)130)120(109,87-65-81(49-39-31-23-15-5)59-82(66-87)50-40-32-24-16-6)88-67-83(51-41-33-25-17-7)60-84(68-88)52-42-34-26-18-8/h43-44,53-74H,11-42,45-52H2,1-8H3/b53-43+,54-44+,91-55-,92-56-,105-102+,106-103-. The van der Waals surface area contributed by atoms with Crippen LogP contribution in [0.5, 0.6) is 0 Å². The van der Waals surface area contributed by atoms with Gasteiger partial charge >= 0.3 is 0 Å². The summed E-state index contributed by atoms with van der Waals surface area (Å²) in [4.78, 5) is 44.3. The number of thiophene rings is 5. The highest BCUT2D eigenvalue weighted by Crippen LogP contribution is 2.72. The number of nitrogens with zero attached hydrogens (tertiary/aromatic N) is 4. The normalized spacial score (nSPS) is 15.2. The SMILES string of the molecule is [C-]#[N+]\C(C#N)=C1/C(=C/C=C/c2cc3c(s2)-c2sc4c5c(sc4c2C3(c2cc(CCCCCC)cc(CCCCCC)c2)c2cc(CCCCCC)cc(CCCCCC)c2)-c2sc3cc(/C=C/C=C4\C(=O)c6cc(Cl)c(Cl)cc6\C4=C(\C#N)[N+]#[C-])sc3c2C5(c2cc(CCCCCC)cc(CCCCCC)c2)c2cc(CCCCCC)cc(CCCCCC)c2)C(=O)c2cc(Cl)c(Cl)cc21. The monoisotopic (exact) mass is 1960 g/mol. The minimum absolute atomic E-state index is 0.180. The van der Waals surface area contributed by atoms with Gasteiger partial charge in [-0.25, -0.2) is 20.2 Å². The van der Waals surface area contributed by atoms with Crippen LogP contribution in [0.3, 0.4) is 0 Å². The van der Waals surface area contributed by atoms with E-state index in [1.807, 2.05) is 57.5 Å². The lowest BCUT2D eigenvalue weighted by Gasteiger charge is -2.35. The molecule has 4 aliphatic carbocycles. The van der Waals surface area contributed by atoms with Gasteiger partial charge in [0.25, 0.3) is 11.4 Å². The third-order valence-electron chi connectivity index (χ3n) is 28.2. The number of nitriles is 2. The van der Waals surface area contributed by atoms with Gasteiger partial charge in [-0.3, -0.25) is 9.59 Å². The highest BCUT2D eigenvalue weighted by Gasteiger charge is 2.57. The van der Waals surface area contributed by atoms with Crippen molar-refractivity contribution in [3.63, 3.8) is 0 Å². The van der Waals surface area contributed by atoms with Crippen LogP contribution < -0.4 is 0 Å². The fourth-order valence-corrected chi connectivity index (χ4v) is 29.4. The van der Waals surface area contributed by atoms with E-state index < -0.39 is 10.8 Å². The van der Waals surface area contributed by atoms with E-state index in [2.05, 4.69) is 186 Å². The Bertz CT molecular complexity index is 6320. The molecule has 135 heavy (non-hydrogen) atoms. The highest BCUT2D eigenvalue weighted by molar-refractivity contribution is 7.36. The molecule has 15 heteroatoms. The quantitative estimate of drug-likeness (QED) is 0.0164. The number of rotatable bonds is 48. The molecule has 0 amide bonds. The molecule has 0 N–H and O–H groups in total. The molecule has 0 aliphatic heterocycles. The number of aryl methyl sites for hydroxylation is 8. The minimum atomic E-state index is -0.850. The van der Waals surface area contributed by atoms with Gasteiger partial charge in [0.2, 0.25) is 0 Å². The van der Waals surface area contributed by atoms with Crippen molar-refractivity contribution >= 4 is 157 Å². The van der Waals surface area contributed by atoms with Gasteiger partial charge in [0.05, 0.1) is 89.8 Å². The summed E-state index contributed by atoms with van der Waals surface area (Å²) in [5, 5.41) is 22.1. The first-order chi connectivity index (χ1) is 65.9. The summed E-state index contributed by atoms with van der Waals surface area (Å²) in [6, 6.07) is 47.4. The number of benzene rings is 6. The van der Waals surface area contributed by atoms with Crippen molar-refractivity contribution in [2.45, 2.75) is 323 Å². The predicted octanol–water partition coefficient (Wildman–Crippen LogP) is 38.6. The molecule has 0 unspecified atom stereocenters. The first-order valence-corrected chi connectivity index (χ1v) is 56.3. The number of hydrogen-bond acceptors (Lipinski definition) is 9. The Morgan fingerprint density at radius 1 is 0.326 bits per heavy atom. The second-order valence-corrected chi connectivity index (χ2v) is 44.9. The second kappa shape index (κ2) is 47.3. The molecule has 5 heterocycles. The van der Waals surface area contributed by atoms with Crippen molar-refractivity contribution < 1.29 is 9.59 Å². The molecule has 0 saturated carbocycles. The van der Waals surface area contributed by atoms with Crippen LogP contribution in [0.1, 0.15) is 391 Å². The molecule has 698 valence electrons. The Kier molecular flexibility index (Phi) is 35.2. The van der Waals surface area contributed by atoms with Gasteiger partial charge < -0.3 is 0 Å². The highest BCUT2D eigenvalue weighted by atomic mass is 35.5. The molecule has 0 saturated heterocycles. The summed E-state index contributed by atoms with van der Waals surface area (Å²) in [7, 11) is 0. The average Bonchev–Trinajstić information content (AvgIpc) is 1.48. The predicted molar refractivity (Wildman–Crippen MR) is 582 cm³/mol. The third kappa shape index (κ3) is 21.2. The minimum Gasteiger partial charge on any atom is -0.289 e. The van der Waals surface area contributed by atoms with Crippen molar-refractivity contribution in [1.82, 2.24) is 0 Å². The Morgan fingerprint density at radius 2 is 0.607 bits per heavy atom. The van der Waals surface area contributed by atoms with Gasteiger partial charge in [0.1, 0.15) is 0 Å². The summed E-state index contributed by atoms with van der Waals surface area (Å²) < 4.78 is 5.19. The fraction of sp³-hybridized carbons (Fsp3) is 0.417. The molecule has 6 aromatic carbocycles. The summed E-state index contributed by atoms with van der Waals surface area (Å²) >= 11 is 36.5. The van der Waals surface area contributed by atoms with Crippen molar-refractivity contribution in [2.75, 3.05) is 0 Å². The van der Waals surface area contributed by atoms with Crippen LogP contribution in [0.2, 0.25) is 20.1 Å². The van der Waals surface area contributed by atoms with Crippen LogP contribution in [0.4, 0.5) is 0 Å². The molecule has 5 aromatic heterocycles. The molecule has 0 atom stereocenters. The van der Waals surface area contributed by atoms with E-state index in [1.54, 1.807) is 36.4 Å². The molecule has 6 nitrogen and oxygen atoms in total. The van der Waals surface area contributed by atoms with Crippen molar-refractivity contribution in [1.29, 1.82) is 10.5 Å². The van der Waals surface area contributed by atoms with Crippen LogP contribution in [0.15, 0.2) is 156 Å². The van der Waals surface area contributed by atoms with Crippen LogP contribution in [0, 0.1) is 35.8 Å². The first kappa shape index (κ1) is 101. The molecular weight excluding hydrogens is 1830 g/mol. The van der Waals surface area contributed by atoms with Gasteiger partial charge in [0, 0.05) is 64.6 Å². The van der Waals surface area contributed by atoms with Gasteiger partial charge in [-0.1, -0.05) is 353 Å². The third-order valence-corrected chi connectivity index (χ3v) is 36.0. The maximum absolute atomic E-state index is 14.9. The zero-order chi connectivity index (χ0) is 94.9. The molecule has 4 aliphatic rings. The molecule has 0 spiro atoms. The molecule has 0 radical (unpaired) electrons. The molecular formula is C120H128Cl4N4O2S5. The van der Waals surface area contributed by atoms with Crippen molar-refractivity contribution in [2.24, 2.45) is 0 Å². The van der Waals surface area contributed by atoms with E-state index in [0.717, 1.165) is 164 Å². The molecule has 11 aromatic rings. The van der Waals surface area contributed by atoms with Crippen LogP contribution in [-0.2, 0) is 62.2 Å². The summed E-state index contributed by atoms with van der Waals surface area (Å²) in [6.45, 7) is 35.0. The maximum atomic E-state index is 14.9. The van der Waals surface area contributed by atoms with Gasteiger partial charge in [0.15, 0.2) is 11.6 Å². The maximum Gasteiger partial charge on any atom is 0.270 e. The number of halogens is 4. The lowest BCUT2D eigenvalue weighted by atomic mass is 9.65. The van der Waals surface area contributed by atoms with E-state index in [9.17, 15) is 20.1 Å². The number of carbonyl (C=O) groups is 2. The van der Waals surface area contributed by atoms with Crippen molar-refractivity contribution in [3.05, 3.63) is 320 Å². The average molecular weight is 1960 g/mol. The first-order valence-electron chi connectivity index (χ1n) is 50.7. The van der Waals surface area contributed by atoms with E-state index in [0.29, 0.717) is 22.3 Å². The molecule has 0 bridgehead atoms. The number of ketones is 2. The smallest absolute Gasteiger partial charge is 0.270 e. The zero-order valence-corrected chi connectivity index (χ0v) is 87.4. The summed E-state index contributed by atoms with van der Waals surface area (Å²) in [6.07, 6.45) is 56.7. The van der Waals surface area contributed by atoms with E-state index >= 15 is 0 Å². The molecule has 0 fully saturated rings. The van der Waals surface area contributed by atoms with Gasteiger partial charge in [-0.05, 0) is 235 Å². The van der Waals surface area contributed by atoms with E-state index in [-0.39, 0.29) is 65.3 Å². The van der Waals surface area contributed by atoms with Gasteiger partial charge in [-0.15, -0.1) is 56.7 Å². The lowest BCUT2D eigenvalue weighted by Crippen LogP contribution is -2.30. The largest absolute Gasteiger partial charge is 0.289 e. The lowest BCUT2D eigenvalue weighted by molar-refractivity contribution is 0.103. The number of unbranched alkanes of at least 4 members (excludes halogenated alkanes) is 24. The Morgan fingerprint density at radius 3 is 0.919 bits per heavy atom. The topological polar surface area (TPSA) is 90.4 Å².